The third kappa shape index (κ3) is 5.60. The Morgan fingerprint density at radius 2 is 1.85 bits per heavy atom. The van der Waals surface area contributed by atoms with E-state index in [1.165, 1.54) is 18.2 Å². The van der Waals surface area contributed by atoms with Crippen molar-refractivity contribution in [2.24, 2.45) is 0 Å². The number of carboxylic acids is 1. The number of aliphatic carboxylic acids is 1. The lowest BCUT2D eigenvalue weighted by atomic mass is 10.0. The monoisotopic (exact) mass is 417 g/mol. The molecule has 0 amide bonds. The van der Waals surface area contributed by atoms with Crippen molar-refractivity contribution in [3.8, 4) is 5.75 Å². The number of sulfonamides is 1. The fourth-order valence-electron chi connectivity index (χ4n) is 2.15. The first-order chi connectivity index (χ1) is 12.2. The van der Waals surface area contributed by atoms with Gasteiger partial charge < -0.3 is 9.84 Å². The maximum Gasteiger partial charge on any atom is 0.341 e. The standard InChI is InChI=1S/C17H17Cl2NO5S/c1-11(12-2-5-14(6-3-12)25-10-17(21)22)9-20-26(23,24)16-8-13(18)4-7-15(16)19/h2-8,11,20H,9-10H2,1H3,(H,21,22). The molecule has 0 aliphatic carbocycles. The van der Waals surface area contributed by atoms with Gasteiger partial charge in [-0.25, -0.2) is 17.9 Å². The SMILES string of the molecule is CC(CNS(=O)(=O)c1cc(Cl)ccc1Cl)c1ccc(OCC(=O)O)cc1. The molecule has 140 valence electrons. The number of ether oxygens (including phenoxy) is 1. The van der Waals surface area contributed by atoms with Crippen molar-refractivity contribution in [1.29, 1.82) is 0 Å². The first-order valence-corrected chi connectivity index (χ1v) is 9.82. The molecule has 0 aromatic heterocycles. The summed E-state index contributed by atoms with van der Waals surface area (Å²) in [4.78, 5) is 10.4. The lowest BCUT2D eigenvalue weighted by molar-refractivity contribution is -0.139. The number of benzene rings is 2. The molecule has 0 saturated carbocycles. The first kappa shape index (κ1) is 20.5. The molecular weight excluding hydrogens is 401 g/mol. The van der Waals surface area contributed by atoms with Crippen LogP contribution in [-0.4, -0.2) is 32.6 Å². The van der Waals surface area contributed by atoms with E-state index in [1.807, 2.05) is 6.92 Å². The Labute approximate surface area is 161 Å². The zero-order chi connectivity index (χ0) is 19.3. The van der Waals surface area contributed by atoms with E-state index in [2.05, 4.69) is 4.72 Å². The van der Waals surface area contributed by atoms with Crippen molar-refractivity contribution < 1.29 is 23.1 Å². The number of hydrogen-bond donors (Lipinski definition) is 2. The van der Waals surface area contributed by atoms with E-state index in [0.29, 0.717) is 5.75 Å². The summed E-state index contributed by atoms with van der Waals surface area (Å²) in [6.45, 7) is 1.59. The molecule has 0 radical (unpaired) electrons. The largest absolute Gasteiger partial charge is 0.482 e. The quantitative estimate of drug-likeness (QED) is 0.684. The molecule has 0 saturated heterocycles. The number of halogens is 2. The Balaban J connectivity index is 2.02. The number of nitrogens with one attached hydrogen (secondary N) is 1. The van der Waals surface area contributed by atoms with Gasteiger partial charge in [0.05, 0.1) is 5.02 Å². The van der Waals surface area contributed by atoms with Crippen LogP contribution in [-0.2, 0) is 14.8 Å². The minimum absolute atomic E-state index is 0.0729. The van der Waals surface area contributed by atoms with Crippen molar-refractivity contribution in [2.75, 3.05) is 13.2 Å². The topological polar surface area (TPSA) is 92.7 Å². The molecule has 0 fully saturated rings. The Morgan fingerprint density at radius 3 is 2.46 bits per heavy atom. The highest BCUT2D eigenvalue weighted by Crippen LogP contribution is 2.25. The molecule has 0 heterocycles. The smallest absolute Gasteiger partial charge is 0.341 e. The van der Waals surface area contributed by atoms with Gasteiger partial charge in [-0.05, 0) is 41.8 Å². The minimum atomic E-state index is -3.80. The van der Waals surface area contributed by atoms with Gasteiger partial charge in [-0.3, -0.25) is 0 Å². The molecule has 2 aromatic rings. The Kier molecular flexibility index (Phi) is 6.88. The lowest BCUT2D eigenvalue weighted by Gasteiger charge is -2.15. The summed E-state index contributed by atoms with van der Waals surface area (Å²) in [5.74, 6) is -0.762. The van der Waals surface area contributed by atoms with Gasteiger partial charge >= 0.3 is 5.97 Å². The third-order valence-electron chi connectivity index (χ3n) is 3.57. The van der Waals surface area contributed by atoms with Crippen LogP contribution in [0.25, 0.3) is 0 Å². The van der Waals surface area contributed by atoms with E-state index < -0.39 is 22.6 Å². The second-order valence-electron chi connectivity index (χ2n) is 5.58. The molecular formula is C17H17Cl2NO5S. The summed E-state index contributed by atoms with van der Waals surface area (Å²) in [7, 11) is -3.80. The van der Waals surface area contributed by atoms with E-state index >= 15 is 0 Å². The Bertz CT molecular complexity index is 885. The average molecular weight is 418 g/mol. The Hall–Kier alpha value is -1.80. The van der Waals surface area contributed by atoms with Crippen LogP contribution in [0.15, 0.2) is 47.4 Å². The molecule has 0 aliphatic rings. The van der Waals surface area contributed by atoms with Crippen molar-refractivity contribution >= 4 is 39.2 Å². The number of hydrogen-bond acceptors (Lipinski definition) is 4. The number of rotatable bonds is 8. The summed E-state index contributed by atoms with van der Waals surface area (Å²) in [5, 5.41) is 8.96. The van der Waals surface area contributed by atoms with Gasteiger partial charge in [-0.2, -0.15) is 0 Å². The van der Waals surface area contributed by atoms with Gasteiger partial charge in [0.15, 0.2) is 6.61 Å². The third-order valence-corrected chi connectivity index (χ3v) is 5.71. The molecule has 0 aliphatic heterocycles. The Morgan fingerprint density at radius 1 is 1.19 bits per heavy atom. The molecule has 0 spiro atoms. The second kappa shape index (κ2) is 8.73. The van der Waals surface area contributed by atoms with Crippen LogP contribution in [0, 0.1) is 0 Å². The van der Waals surface area contributed by atoms with Gasteiger partial charge in [-0.15, -0.1) is 0 Å². The molecule has 2 aromatic carbocycles. The summed E-state index contributed by atoms with van der Waals surface area (Å²) >= 11 is 11.8. The van der Waals surface area contributed by atoms with Crippen LogP contribution in [0.3, 0.4) is 0 Å². The van der Waals surface area contributed by atoms with Crippen LogP contribution < -0.4 is 9.46 Å². The molecule has 9 heteroatoms. The zero-order valence-corrected chi connectivity index (χ0v) is 16.1. The summed E-state index contributed by atoms with van der Waals surface area (Å²) in [6.07, 6.45) is 0. The van der Waals surface area contributed by atoms with Gasteiger partial charge in [0.2, 0.25) is 10.0 Å². The number of carboxylic acid groups (broad SMARTS) is 1. The van der Waals surface area contributed by atoms with E-state index in [9.17, 15) is 13.2 Å². The van der Waals surface area contributed by atoms with Crippen molar-refractivity contribution in [1.82, 2.24) is 4.72 Å². The highest BCUT2D eigenvalue weighted by atomic mass is 35.5. The van der Waals surface area contributed by atoms with Gasteiger partial charge in [-0.1, -0.05) is 42.3 Å². The summed E-state index contributed by atoms with van der Waals surface area (Å²) < 4.78 is 32.4. The molecule has 1 atom stereocenters. The summed E-state index contributed by atoms with van der Waals surface area (Å²) in [6, 6.07) is 11.0. The van der Waals surface area contributed by atoms with E-state index in [4.69, 9.17) is 33.0 Å². The highest BCUT2D eigenvalue weighted by Gasteiger charge is 2.19. The van der Waals surface area contributed by atoms with Gasteiger partial charge in [0.25, 0.3) is 0 Å². The predicted octanol–water partition coefficient (Wildman–Crippen LogP) is 3.54. The highest BCUT2D eigenvalue weighted by molar-refractivity contribution is 7.89. The van der Waals surface area contributed by atoms with Gasteiger partial charge in [0.1, 0.15) is 10.6 Å². The van der Waals surface area contributed by atoms with Crippen LogP contribution in [0.1, 0.15) is 18.4 Å². The second-order valence-corrected chi connectivity index (χ2v) is 8.16. The van der Waals surface area contributed by atoms with Crippen LogP contribution in [0.4, 0.5) is 0 Å². The van der Waals surface area contributed by atoms with Crippen molar-refractivity contribution in [2.45, 2.75) is 17.7 Å². The molecule has 6 nitrogen and oxygen atoms in total. The van der Waals surface area contributed by atoms with Crippen molar-refractivity contribution in [3.63, 3.8) is 0 Å². The molecule has 2 N–H and O–H groups in total. The van der Waals surface area contributed by atoms with Crippen LogP contribution >= 0.6 is 23.2 Å². The average Bonchev–Trinajstić information content (AvgIpc) is 2.60. The summed E-state index contributed by atoms with van der Waals surface area (Å²) in [5.41, 5.74) is 0.868. The van der Waals surface area contributed by atoms with E-state index in [1.54, 1.807) is 24.3 Å². The van der Waals surface area contributed by atoms with Crippen molar-refractivity contribution in [3.05, 3.63) is 58.1 Å². The van der Waals surface area contributed by atoms with Gasteiger partial charge in [0, 0.05) is 11.6 Å². The molecule has 26 heavy (non-hydrogen) atoms. The fraction of sp³-hybridized carbons (Fsp3) is 0.235. The lowest BCUT2D eigenvalue weighted by Crippen LogP contribution is -2.28. The molecule has 1 unspecified atom stereocenters. The molecule has 0 bridgehead atoms. The minimum Gasteiger partial charge on any atom is -0.482 e. The fourth-order valence-corrected chi connectivity index (χ4v) is 4.04. The zero-order valence-electron chi connectivity index (χ0n) is 13.8. The first-order valence-electron chi connectivity index (χ1n) is 7.58. The van der Waals surface area contributed by atoms with E-state index in [0.717, 1.165) is 5.56 Å². The molecule has 2 rings (SSSR count). The maximum atomic E-state index is 12.4. The maximum absolute atomic E-state index is 12.4. The predicted molar refractivity (Wildman–Crippen MR) is 99.6 cm³/mol. The van der Waals surface area contributed by atoms with Crippen LogP contribution in [0.5, 0.6) is 5.75 Å². The van der Waals surface area contributed by atoms with E-state index in [-0.39, 0.29) is 27.4 Å². The normalized spacial score (nSPS) is 12.6. The van der Waals surface area contributed by atoms with Crippen LogP contribution in [0.2, 0.25) is 10.0 Å². The number of carbonyl (C=O) groups is 1.